The molecule has 9 nitrogen and oxygen atoms in total. The molecule has 12 heteroatoms. The van der Waals surface area contributed by atoms with Crippen molar-refractivity contribution in [2.24, 2.45) is 0 Å². The number of carbonyl (C=O) groups is 1. The number of benzene rings is 2. The highest BCUT2D eigenvalue weighted by atomic mass is 32.2. The summed E-state index contributed by atoms with van der Waals surface area (Å²) >= 11 is 1.21. The lowest BCUT2D eigenvalue weighted by molar-refractivity contribution is 0.0985. The van der Waals surface area contributed by atoms with E-state index in [0.717, 1.165) is 43.9 Å². The molecule has 0 saturated heterocycles. The Bertz CT molecular complexity index is 1730. The average molecular weight is 599 g/mol. The number of nitrogens with zero attached hydrogens (tertiary/aromatic N) is 4. The minimum Gasteiger partial charge on any atom is -0.279 e. The van der Waals surface area contributed by atoms with Crippen molar-refractivity contribution in [1.29, 1.82) is 0 Å². The maximum atomic E-state index is 13.8. The van der Waals surface area contributed by atoms with Gasteiger partial charge in [-0.05, 0) is 66.9 Å². The predicted octanol–water partition coefficient (Wildman–Crippen LogP) is 4.90. The van der Waals surface area contributed by atoms with Gasteiger partial charge in [-0.1, -0.05) is 36.7 Å². The number of hydrogen-bond donors (Lipinski definition) is 0. The van der Waals surface area contributed by atoms with Crippen molar-refractivity contribution in [2.45, 2.75) is 54.5 Å². The minimum atomic E-state index is -3.69. The molecule has 2 heterocycles. The lowest BCUT2D eigenvalue weighted by Gasteiger charge is -2.30. The van der Waals surface area contributed by atoms with Gasteiger partial charge in [0.2, 0.25) is 10.0 Å². The number of sulfonamides is 1. The Hall–Kier alpha value is -3.19. The summed E-state index contributed by atoms with van der Waals surface area (Å²) in [5, 5.41) is 0.392. The van der Waals surface area contributed by atoms with E-state index < -0.39 is 19.9 Å². The first-order chi connectivity index (χ1) is 19.0. The Kier molecular flexibility index (Phi) is 8.05. The number of anilines is 1. The summed E-state index contributed by atoms with van der Waals surface area (Å²) in [7, 11) is -5.47. The number of thiazole rings is 1. The molecule has 0 bridgehead atoms. The fourth-order valence-electron chi connectivity index (χ4n) is 4.87. The third-order valence-electron chi connectivity index (χ3n) is 7.18. The average Bonchev–Trinajstić information content (AvgIpc) is 3.39. The van der Waals surface area contributed by atoms with Crippen LogP contribution in [0.2, 0.25) is 0 Å². The molecule has 4 aromatic rings. The van der Waals surface area contributed by atoms with Gasteiger partial charge in [0.1, 0.15) is 0 Å². The van der Waals surface area contributed by atoms with Crippen LogP contribution < -0.4 is 4.90 Å². The van der Waals surface area contributed by atoms with Crippen molar-refractivity contribution >= 4 is 52.5 Å². The van der Waals surface area contributed by atoms with Gasteiger partial charge in [-0.25, -0.2) is 21.8 Å². The zero-order valence-corrected chi connectivity index (χ0v) is 24.7. The summed E-state index contributed by atoms with van der Waals surface area (Å²) in [5.74, 6) is -0.365. The van der Waals surface area contributed by atoms with Crippen LogP contribution in [-0.2, 0) is 26.4 Å². The summed E-state index contributed by atoms with van der Waals surface area (Å²) in [6.45, 7) is 0.176. The van der Waals surface area contributed by atoms with Crippen LogP contribution in [0.1, 0.15) is 48.0 Å². The molecule has 0 spiro atoms. The molecule has 1 fully saturated rings. The van der Waals surface area contributed by atoms with Gasteiger partial charge >= 0.3 is 0 Å². The van der Waals surface area contributed by atoms with Crippen molar-refractivity contribution < 1.29 is 21.6 Å². The number of sulfone groups is 1. The van der Waals surface area contributed by atoms with Crippen LogP contribution in [0, 0.1) is 0 Å². The van der Waals surface area contributed by atoms with E-state index >= 15 is 0 Å². The fraction of sp³-hybridized carbons (Fsp3) is 0.321. The van der Waals surface area contributed by atoms with Crippen LogP contribution in [0.15, 0.2) is 76.8 Å². The highest BCUT2D eigenvalue weighted by molar-refractivity contribution is 7.90. The van der Waals surface area contributed by atoms with E-state index in [4.69, 9.17) is 0 Å². The molecular weight excluding hydrogens is 569 g/mol. The largest absolute Gasteiger partial charge is 0.279 e. The smallest absolute Gasteiger partial charge is 0.260 e. The van der Waals surface area contributed by atoms with Gasteiger partial charge < -0.3 is 0 Å². The Morgan fingerprint density at radius 3 is 2.33 bits per heavy atom. The van der Waals surface area contributed by atoms with E-state index in [0.29, 0.717) is 20.9 Å². The second-order valence-corrected chi connectivity index (χ2v) is 15.0. The van der Waals surface area contributed by atoms with E-state index in [1.807, 2.05) is 6.07 Å². The number of fused-ring (bicyclic) bond motifs is 1. The number of amides is 1. The summed E-state index contributed by atoms with van der Waals surface area (Å²) in [5.41, 5.74) is 1.66. The molecular formula is C28H30N4O5S3. The molecule has 0 N–H and O–H groups in total. The number of aromatic nitrogens is 2. The number of carbonyl (C=O) groups excluding carboxylic acids is 1. The molecule has 0 radical (unpaired) electrons. The van der Waals surface area contributed by atoms with Crippen molar-refractivity contribution in [3.8, 4) is 0 Å². The first-order valence-corrected chi connectivity index (χ1v) is 17.1. The van der Waals surface area contributed by atoms with Gasteiger partial charge in [-0.3, -0.25) is 14.7 Å². The van der Waals surface area contributed by atoms with Crippen LogP contribution in [0.4, 0.5) is 5.13 Å². The maximum absolute atomic E-state index is 13.8. The number of rotatable bonds is 8. The van der Waals surface area contributed by atoms with Crippen molar-refractivity contribution in [3.63, 3.8) is 0 Å². The molecule has 2 aromatic heterocycles. The SMILES string of the molecule is CN(C1CCCCC1)S(=O)(=O)c1ccc(C(=O)N(Cc2cccnc2)c2nc3ccc(S(C)(=O)=O)cc3s2)cc1. The van der Waals surface area contributed by atoms with Crippen molar-refractivity contribution in [1.82, 2.24) is 14.3 Å². The Balaban J connectivity index is 1.46. The molecule has 1 aliphatic carbocycles. The molecule has 0 unspecified atom stereocenters. The highest BCUT2D eigenvalue weighted by Gasteiger charge is 2.30. The molecule has 2 aromatic carbocycles. The van der Waals surface area contributed by atoms with Crippen LogP contribution in [-0.4, -0.2) is 56.4 Å². The molecule has 210 valence electrons. The molecule has 1 amide bonds. The number of pyridine rings is 1. The fourth-order valence-corrected chi connectivity index (χ4v) is 8.01. The van der Waals surface area contributed by atoms with Gasteiger partial charge in [-0.15, -0.1) is 0 Å². The first-order valence-electron chi connectivity index (χ1n) is 12.9. The van der Waals surface area contributed by atoms with Crippen LogP contribution in [0.25, 0.3) is 10.2 Å². The van der Waals surface area contributed by atoms with E-state index in [1.54, 1.807) is 37.6 Å². The van der Waals surface area contributed by atoms with Gasteiger partial charge in [0.15, 0.2) is 15.0 Å². The predicted molar refractivity (Wildman–Crippen MR) is 156 cm³/mol. The Morgan fingerprint density at radius 2 is 1.68 bits per heavy atom. The third kappa shape index (κ3) is 5.95. The summed E-state index contributed by atoms with van der Waals surface area (Å²) < 4.78 is 52.8. The molecule has 5 rings (SSSR count). The standard InChI is InChI=1S/C28H30N4O5S3/c1-31(22-8-4-3-5-9-22)40(36,37)23-12-10-21(11-13-23)27(33)32(19-20-7-6-16-29-18-20)28-30-25-15-14-24(39(2,34)35)17-26(25)38-28/h6-7,10-18,22H,3-5,8-9,19H2,1-2H3. The summed E-state index contributed by atoms with van der Waals surface area (Å²) in [6, 6.07) is 14.3. The zero-order chi connectivity index (χ0) is 28.5. The molecule has 40 heavy (non-hydrogen) atoms. The van der Waals surface area contributed by atoms with Gasteiger partial charge in [0.05, 0.1) is 26.6 Å². The van der Waals surface area contributed by atoms with Crippen LogP contribution >= 0.6 is 11.3 Å². The van der Waals surface area contributed by atoms with Crippen LogP contribution in [0.5, 0.6) is 0 Å². The number of hydrogen-bond acceptors (Lipinski definition) is 8. The van der Waals surface area contributed by atoms with Gasteiger partial charge in [0.25, 0.3) is 5.91 Å². The maximum Gasteiger partial charge on any atom is 0.260 e. The van der Waals surface area contributed by atoms with Gasteiger partial charge in [-0.2, -0.15) is 4.31 Å². The normalized spacial score (nSPS) is 15.0. The Labute approximate surface area is 238 Å². The summed E-state index contributed by atoms with van der Waals surface area (Å²) in [4.78, 5) is 24.4. The van der Waals surface area contributed by atoms with Crippen molar-refractivity contribution in [3.05, 3.63) is 78.1 Å². The second kappa shape index (κ2) is 11.4. The first kappa shape index (κ1) is 28.3. The third-order valence-corrected chi connectivity index (χ3v) is 11.3. The topological polar surface area (TPSA) is 118 Å². The lowest BCUT2D eigenvalue weighted by atomic mass is 9.96. The van der Waals surface area contributed by atoms with E-state index in [9.17, 15) is 21.6 Å². The van der Waals surface area contributed by atoms with Crippen molar-refractivity contribution in [2.75, 3.05) is 18.2 Å². The van der Waals surface area contributed by atoms with E-state index in [2.05, 4.69) is 9.97 Å². The highest BCUT2D eigenvalue weighted by Crippen LogP contribution is 2.33. The monoisotopic (exact) mass is 598 g/mol. The zero-order valence-electron chi connectivity index (χ0n) is 22.2. The lowest BCUT2D eigenvalue weighted by Crippen LogP contribution is -2.38. The molecule has 0 aliphatic heterocycles. The molecule has 1 saturated carbocycles. The molecule has 1 aliphatic rings. The quantitative estimate of drug-likeness (QED) is 0.283. The van der Waals surface area contributed by atoms with E-state index in [1.165, 1.54) is 50.9 Å². The summed E-state index contributed by atoms with van der Waals surface area (Å²) in [6.07, 6.45) is 9.32. The van der Waals surface area contributed by atoms with Gasteiger partial charge in [0, 0.05) is 37.3 Å². The minimum absolute atomic E-state index is 0.0164. The van der Waals surface area contributed by atoms with E-state index in [-0.39, 0.29) is 28.3 Å². The van der Waals surface area contributed by atoms with Crippen LogP contribution in [0.3, 0.4) is 0 Å². The Morgan fingerprint density at radius 1 is 0.975 bits per heavy atom. The molecule has 0 atom stereocenters. The second-order valence-electron chi connectivity index (χ2n) is 9.99.